The second-order valence-electron chi connectivity index (χ2n) is 11.0. The van der Waals surface area contributed by atoms with E-state index in [9.17, 15) is 24.0 Å². The molecule has 0 spiro atoms. The third-order valence-electron chi connectivity index (χ3n) is 6.43. The molecule has 11 heteroatoms. The lowest BCUT2D eigenvalue weighted by Crippen LogP contribution is -2.74. The molecule has 1 saturated heterocycles. The molecule has 2 aromatic carbocycles. The molecular formula is C30H34N2O8S. The monoisotopic (exact) mass is 582 g/mol. The van der Waals surface area contributed by atoms with E-state index in [0.717, 1.165) is 17.7 Å². The van der Waals surface area contributed by atoms with Gasteiger partial charge < -0.3 is 24.4 Å². The Morgan fingerprint density at radius 2 is 1.54 bits per heavy atom. The first-order valence-corrected chi connectivity index (χ1v) is 14.3. The van der Waals surface area contributed by atoms with Crippen molar-refractivity contribution in [3.8, 4) is 0 Å². The number of alkyl carbamates (subject to hydrolysis) is 1. The van der Waals surface area contributed by atoms with Crippen LogP contribution in [0.2, 0.25) is 0 Å². The zero-order valence-corrected chi connectivity index (χ0v) is 24.2. The molecule has 3 unspecified atom stereocenters. The highest BCUT2D eigenvalue weighted by Crippen LogP contribution is 2.36. The van der Waals surface area contributed by atoms with Crippen LogP contribution in [0.1, 0.15) is 57.8 Å². The minimum absolute atomic E-state index is 0.241. The summed E-state index contributed by atoms with van der Waals surface area (Å²) in [5.41, 5.74) is 0.504. The van der Waals surface area contributed by atoms with Gasteiger partial charge in [0.1, 0.15) is 17.0 Å². The number of ketones is 1. The summed E-state index contributed by atoms with van der Waals surface area (Å²) in [5, 5.41) is 0.682. The number of thioether (sulfide) groups is 1. The van der Waals surface area contributed by atoms with Crippen molar-refractivity contribution in [2.45, 2.75) is 69.7 Å². The molecule has 2 aliphatic rings. The molecule has 10 nitrogen and oxygen atoms in total. The van der Waals surface area contributed by atoms with Gasteiger partial charge in [0.2, 0.25) is 5.91 Å². The maximum Gasteiger partial charge on any atom is 0.408 e. The molecule has 2 fully saturated rings. The smallest absolute Gasteiger partial charge is 0.408 e. The maximum atomic E-state index is 13.6. The highest BCUT2D eigenvalue weighted by atomic mass is 32.2. The van der Waals surface area contributed by atoms with E-state index in [1.54, 1.807) is 69.3 Å². The van der Waals surface area contributed by atoms with Crippen LogP contribution in [0.25, 0.3) is 0 Å². The molecular weight excluding hydrogens is 548 g/mol. The zero-order chi connectivity index (χ0) is 29.7. The minimum Gasteiger partial charge on any atom is -0.457 e. The fraction of sp³-hybridized carbons (Fsp3) is 0.433. The van der Waals surface area contributed by atoms with Crippen LogP contribution >= 0.6 is 11.8 Å². The Morgan fingerprint density at radius 1 is 0.976 bits per heavy atom. The Balaban J connectivity index is 1.57. The van der Waals surface area contributed by atoms with Crippen molar-refractivity contribution in [2.24, 2.45) is 5.92 Å². The minimum atomic E-state index is -1.65. The van der Waals surface area contributed by atoms with Crippen molar-refractivity contribution in [1.29, 1.82) is 0 Å². The quantitative estimate of drug-likeness (QED) is 0.185. The van der Waals surface area contributed by atoms with Gasteiger partial charge in [-0.15, -0.1) is 0 Å². The van der Waals surface area contributed by atoms with E-state index in [2.05, 4.69) is 5.32 Å². The van der Waals surface area contributed by atoms with Gasteiger partial charge in [0.15, 0.2) is 17.9 Å². The molecule has 41 heavy (non-hydrogen) atoms. The van der Waals surface area contributed by atoms with Crippen molar-refractivity contribution >= 4 is 40.8 Å². The highest BCUT2D eigenvalue weighted by Gasteiger charge is 2.56. The van der Waals surface area contributed by atoms with Crippen LogP contribution in [0.5, 0.6) is 0 Å². The van der Waals surface area contributed by atoms with Crippen molar-refractivity contribution in [3.63, 3.8) is 0 Å². The average molecular weight is 583 g/mol. The molecule has 1 aliphatic heterocycles. The lowest BCUT2D eigenvalue weighted by atomic mass is 9.99. The number of Topliss-reactive ketones (excluding diaryl/α,β-unsaturated/α-hetero) is 1. The lowest BCUT2D eigenvalue weighted by Gasteiger charge is -2.48. The molecule has 1 aliphatic carbocycles. The predicted octanol–water partition coefficient (Wildman–Crippen LogP) is 4.62. The second-order valence-corrected chi connectivity index (χ2v) is 12.1. The highest BCUT2D eigenvalue weighted by molar-refractivity contribution is 8.13. The molecule has 1 saturated carbocycles. The van der Waals surface area contributed by atoms with Gasteiger partial charge in [-0.1, -0.05) is 60.7 Å². The molecule has 1 heterocycles. The summed E-state index contributed by atoms with van der Waals surface area (Å²) in [6.45, 7) is 6.41. The topological polar surface area (TPSA) is 128 Å². The first-order chi connectivity index (χ1) is 19.4. The summed E-state index contributed by atoms with van der Waals surface area (Å²) in [7, 11) is 0. The first kappa shape index (κ1) is 30.1. The number of carbonyl (C=O) groups excluding carboxylic acids is 5. The number of esters is 1. The number of likely N-dealkylation sites (tertiary alicyclic amines) is 1. The number of hydrogen-bond donors (Lipinski definition) is 1. The van der Waals surface area contributed by atoms with Gasteiger partial charge in [0.05, 0.1) is 6.61 Å². The standard InChI is InChI=1S/C30H34N2O8S/c1-18(33)23(27(35)39-24(20-11-7-5-8-12-20)21-13-9-6-10-14-21)32-25(34)22(31-28(36)40-30(2,3)4)26(32)41-29(37)38-17-19-15-16-19/h5-14,19,22-24,26H,15-17H2,1-4H3,(H,31,36). The maximum absolute atomic E-state index is 13.6. The fourth-order valence-electron chi connectivity index (χ4n) is 4.30. The number of benzene rings is 2. The van der Waals surface area contributed by atoms with E-state index < -0.39 is 58.2 Å². The number of rotatable bonds is 10. The third-order valence-corrected chi connectivity index (χ3v) is 7.48. The Kier molecular flexibility index (Phi) is 9.37. The number of nitrogens with zero attached hydrogens (tertiary/aromatic N) is 1. The van der Waals surface area contributed by atoms with Gasteiger partial charge in [-0.2, -0.15) is 0 Å². The molecule has 0 radical (unpaired) electrons. The number of amides is 2. The molecule has 0 bridgehead atoms. The molecule has 0 aromatic heterocycles. The normalized spacial score (nSPS) is 19.1. The number of carbonyl (C=O) groups is 5. The second kappa shape index (κ2) is 12.8. The van der Waals surface area contributed by atoms with E-state index in [-0.39, 0.29) is 6.61 Å². The molecule has 2 aromatic rings. The van der Waals surface area contributed by atoms with Crippen LogP contribution in [0.15, 0.2) is 60.7 Å². The van der Waals surface area contributed by atoms with Crippen molar-refractivity contribution in [1.82, 2.24) is 10.2 Å². The summed E-state index contributed by atoms with van der Waals surface area (Å²) >= 11 is 0.625. The van der Waals surface area contributed by atoms with Gasteiger partial charge in [-0.3, -0.25) is 9.59 Å². The van der Waals surface area contributed by atoms with Crippen LogP contribution < -0.4 is 5.32 Å². The van der Waals surface area contributed by atoms with Crippen molar-refractivity contribution in [2.75, 3.05) is 6.61 Å². The summed E-state index contributed by atoms with van der Waals surface area (Å²) in [5.74, 6) is -2.04. The fourth-order valence-corrected chi connectivity index (χ4v) is 5.29. The van der Waals surface area contributed by atoms with E-state index in [1.807, 2.05) is 12.1 Å². The molecule has 4 rings (SSSR count). The molecule has 218 valence electrons. The number of ether oxygens (including phenoxy) is 3. The van der Waals surface area contributed by atoms with E-state index >= 15 is 0 Å². The molecule has 3 atom stereocenters. The number of hydrogen-bond acceptors (Lipinski definition) is 9. The molecule has 1 N–H and O–H groups in total. The van der Waals surface area contributed by atoms with Crippen molar-refractivity contribution < 1.29 is 38.2 Å². The van der Waals surface area contributed by atoms with Gasteiger partial charge in [-0.05, 0) is 69.3 Å². The van der Waals surface area contributed by atoms with Crippen LogP contribution in [0, 0.1) is 5.92 Å². The van der Waals surface area contributed by atoms with Crippen LogP contribution in [0.4, 0.5) is 9.59 Å². The van der Waals surface area contributed by atoms with Gasteiger partial charge in [-0.25, -0.2) is 14.4 Å². The SMILES string of the molecule is CC(=O)C(C(=O)OC(c1ccccc1)c1ccccc1)N1C(=O)C(NC(=O)OC(C)(C)C)C1SC(=O)OCC1CC1. The zero-order valence-electron chi connectivity index (χ0n) is 23.4. The summed E-state index contributed by atoms with van der Waals surface area (Å²) in [6, 6.07) is 15.1. The average Bonchev–Trinajstić information content (AvgIpc) is 3.76. The van der Waals surface area contributed by atoms with Crippen LogP contribution in [-0.2, 0) is 28.6 Å². The van der Waals surface area contributed by atoms with Gasteiger partial charge >= 0.3 is 17.4 Å². The van der Waals surface area contributed by atoms with Gasteiger partial charge in [0, 0.05) is 0 Å². The summed E-state index contributed by atoms with van der Waals surface area (Å²) in [4.78, 5) is 65.9. The molecule has 2 amide bonds. The van der Waals surface area contributed by atoms with Gasteiger partial charge in [0.25, 0.3) is 0 Å². The Bertz CT molecular complexity index is 1240. The summed E-state index contributed by atoms with van der Waals surface area (Å²) < 4.78 is 16.5. The Morgan fingerprint density at radius 3 is 2.02 bits per heavy atom. The first-order valence-electron chi connectivity index (χ1n) is 13.4. The van der Waals surface area contributed by atoms with E-state index in [1.165, 1.54) is 6.92 Å². The Hall–Kier alpha value is -3.86. The third kappa shape index (κ3) is 7.87. The number of β-lactam (4-membered cyclic amide) rings is 1. The van der Waals surface area contributed by atoms with E-state index in [4.69, 9.17) is 14.2 Å². The van der Waals surface area contributed by atoms with Crippen LogP contribution in [-0.4, -0.2) is 63.6 Å². The predicted molar refractivity (Wildman–Crippen MR) is 151 cm³/mol. The van der Waals surface area contributed by atoms with Crippen LogP contribution in [0.3, 0.4) is 0 Å². The van der Waals surface area contributed by atoms with E-state index in [0.29, 0.717) is 28.8 Å². The number of nitrogens with one attached hydrogen (secondary N) is 1. The van der Waals surface area contributed by atoms with Crippen molar-refractivity contribution in [3.05, 3.63) is 71.8 Å². The lowest BCUT2D eigenvalue weighted by molar-refractivity contribution is -0.169. The largest absolute Gasteiger partial charge is 0.457 e. The Labute approximate surface area is 243 Å². The summed E-state index contributed by atoms with van der Waals surface area (Å²) in [6.07, 6.45) is 0.213.